The molecule has 0 bridgehead atoms. The molecule has 1 fully saturated rings. The molecular formula is C20H26N4O. The fourth-order valence-corrected chi connectivity index (χ4v) is 3.12. The van der Waals surface area contributed by atoms with E-state index in [9.17, 15) is 4.79 Å². The van der Waals surface area contributed by atoms with E-state index in [-0.39, 0.29) is 5.91 Å². The highest BCUT2D eigenvalue weighted by molar-refractivity contribution is 5.93. The fourth-order valence-electron chi connectivity index (χ4n) is 3.12. The third kappa shape index (κ3) is 4.29. The molecule has 0 spiro atoms. The molecular weight excluding hydrogens is 312 g/mol. The third-order valence-corrected chi connectivity index (χ3v) is 4.52. The predicted octanol–water partition coefficient (Wildman–Crippen LogP) is 2.86. The molecule has 1 aliphatic heterocycles. The van der Waals surface area contributed by atoms with E-state index in [1.165, 1.54) is 11.3 Å². The third-order valence-electron chi connectivity index (χ3n) is 4.52. The Bertz CT molecular complexity index is 723. The second-order valence-electron chi connectivity index (χ2n) is 6.47. The van der Waals surface area contributed by atoms with Crippen molar-refractivity contribution in [3.8, 4) is 0 Å². The van der Waals surface area contributed by atoms with Gasteiger partial charge in [-0.2, -0.15) is 0 Å². The Kier molecular flexibility index (Phi) is 5.53. The van der Waals surface area contributed by atoms with E-state index in [4.69, 9.17) is 0 Å². The van der Waals surface area contributed by atoms with Crippen molar-refractivity contribution in [3.05, 3.63) is 53.9 Å². The summed E-state index contributed by atoms with van der Waals surface area (Å²) in [7, 11) is 0. The van der Waals surface area contributed by atoms with Crippen LogP contribution in [0.3, 0.4) is 0 Å². The topological polar surface area (TPSA) is 48.5 Å². The Balaban J connectivity index is 1.64. The van der Waals surface area contributed by atoms with E-state index in [1.54, 1.807) is 6.20 Å². The van der Waals surface area contributed by atoms with E-state index in [1.807, 2.05) is 19.1 Å². The highest BCUT2D eigenvalue weighted by atomic mass is 16.1. The van der Waals surface area contributed by atoms with Crippen LogP contribution < -0.4 is 15.1 Å². The van der Waals surface area contributed by atoms with Crippen molar-refractivity contribution in [1.82, 2.24) is 10.3 Å². The summed E-state index contributed by atoms with van der Waals surface area (Å²) in [5.74, 6) is -0.0953. The number of aromatic nitrogens is 1. The molecule has 5 heteroatoms. The number of nitrogens with zero attached hydrogens (tertiary/aromatic N) is 3. The monoisotopic (exact) mass is 338 g/mol. The van der Waals surface area contributed by atoms with Crippen LogP contribution in [0.4, 0.5) is 11.4 Å². The van der Waals surface area contributed by atoms with E-state index in [2.05, 4.69) is 51.3 Å². The van der Waals surface area contributed by atoms with Crippen LogP contribution in [0.2, 0.25) is 0 Å². The molecule has 1 amide bonds. The molecule has 3 rings (SSSR count). The first-order valence-corrected chi connectivity index (χ1v) is 8.98. The van der Waals surface area contributed by atoms with Crippen LogP contribution in [0.1, 0.15) is 29.4 Å². The second kappa shape index (κ2) is 8.01. The predicted molar refractivity (Wildman–Crippen MR) is 102 cm³/mol. The largest absolute Gasteiger partial charge is 0.368 e. The van der Waals surface area contributed by atoms with Gasteiger partial charge in [-0.15, -0.1) is 0 Å². The molecule has 132 valence electrons. The summed E-state index contributed by atoms with van der Waals surface area (Å²) in [5.41, 5.74) is 4.14. The minimum atomic E-state index is -0.0953. The van der Waals surface area contributed by atoms with Gasteiger partial charge in [-0.05, 0) is 43.2 Å². The first-order valence-electron chi connectivity index (χ1n) is 8.98. The number of pyridine rings is 1. The molecule has 25 heavy (non-hydrogen) atoms. The normalized spacial score (nSPS) is 14.5. The van der Waals surface area contributed by atoms with Crippen LogP contribution in [-0.4, -0.2) is 43.6 Å². The molecule has 0 saturated carbocycles. The Labute approximate surface area is 149 Å². The average Bonchev–Trinajstić information content (AvgIpc) is 2.66. The number of hydrogen-bond donors (Lipinski definition) is 1. The van der Waals surface area contributed by atoms with Crippen LogP contribution in [-0.2, 0) is 0 Å². The number of carbonyl (C=O) groups excluding carboxylic acids is 1. The maximum atomic E-state index is 12.1. The molecule has 0 atom stereocenters. The van der Waals surface area contributed by atoms with Crippen LogP contribution in [0.15, 0.2) is 42.6 Å². The second-order valence-corrected chi connectivity index (χ2v) is 6.47. The first kappa shape index (κ1) is 17.3. The Hall–Kier alpha value is -2.56. The van der Waals surface area contributed by atoms with Gasteiger partial charge in [-0.25, -0.2) is 0 Å². The number of aryl methyl sites for hydroxylation is 1. The number of piperazine rings is 1. The number of amides is 1. The van der Waals surface area contributed by atoms with E-state index in [0.29, 0.717) is 12.2 Å². The van der Waals surface area contributed by atoms with Gasteiger partial charge in [-0.3, -0.25) is 9.78 Å². The zero-order valence-corrected chi connectivity index (χ0v) is 15.0. The van der Waals surface area contributed by atoms with Crippen LogP contribution in [0.5, 0.6) is 0 Å². The zero-order valence-electron chi connectivity index (χ0n) is 15.0. The van der Waals surface area contributed by atoms with E-state index in [0.717, 1.165) is 38.3 Å². The van der Waals surface area contributed by atoms with Gasteiger partial charge in [0.2, 0.25) is 0 Å². The molecule has 2 heterocycles. The number of nitrogens with one attached hydrogen (secondary N) is 1. The van der Waals surface area contributed by atoms with Crippen LogP contribution in [0, 0.1) is 6.92 Å². The minimum Gasteiger partial charge on any atom is -0.368 e. The molecule has 0 unspecified atom stereocenters. The highest BCUT2D eigenvalue weighted by Crippen LogP contribution is 2.21. The van der Waals surface area contributed by atoms with Crippen LogP contribution in [0.25, 0.3) is 0 Å². The van der Waals surface area contributed by atoms with Crippen molar-refractivity contribution in [3.63, 3.8) is 0 Å². The standard InChI is InChI=1S/C20H26N4O/c1-3-8-22-20(25)19-15-18(7-9-21-19)24-12-10-23(11-13-24)17-6-4-5-16(2)14-17/h4-7,9,14-15H,3,8,10-13H2,1-2H3,(H,22,25). The minimum absolute atomic E-state index is 0.0953. The summed E-state index contributed by atoms with van der Waals surface area (Å²) in [6, 6.07) is 12.5. The Morgan fingerprint density at radius 1 is 1.08 bits per heavy atom. The van der Waals surface area contributed by atoms with Gasteiger partial charge >= 0.3 is 0 Å². The molecule has 1 aromatic carbocycles. The lowest BCUT2D eigenvalue weighted by Gasteiger charge is -2.37. The summed E-state index contributed by atoms with van der Waals surface area (Å²) in [5, 5.41) is 2.88. The first-order chi connectivity index (χ1) is 12.2. The number of benzene rings is 1. The van der Waals surface area contributed by atoms with Crippen molar-refractivity contribution in [2.45, 2.75) is 20.3 Å². The maximum Gasteiger partial charge on any atom is 0.269 e. The average molecular weight is 338 g/mol. The van der Waals surface area contributed by atoms with Gasteiger partial charge in [0.1, 0.15) is 5.69 Å². The zero-order chi connectivity index (χ0) is 17.6. The van der Waals surface area contributed by atoms with Gasteiger partial charge in [-0.1, -0.05) is 19.1 Å². The van der Waals surface area contributed by atoms with Gasteiger partial charge in [0.05, 0.1) is 0 Å². The summed E-state index contributed by atoms with van der Waals surface area (Å²) in [6.45, 7) is 8.67. The molecule has 0 radical (unpaired) electrons. The molecule has 1 saturated heterocycles. The lowest BCUT2D eigenvalue weighted by atomic mass is 10.2. The van der Waals surface area contributed by atoms with Gasteiger partial charge in [0.15, 0.2) is 0 Å². The number of anilines is 2. The highest BCUT2D eigenvalue weighted by Gasteiger charge is 2.18. The molecule has 5 nitrogen and oxygen atoms in total. The summed E-state index contributed by atoms with van der Waals surface area (Å²) in [6.07, 6.45) is 2.65. The van der Waals surface area contributed by atoms with Crippen molar-refractivity contribution >= 4 is 17.3 Å². The Morgan fingerprint density at radius 3 is 2.40 bits per heavy atom. The lowest BCUT2D eigenvalue weighted by Crippen LogP contribution is -2.46. The summed E-state index contributed by atoms with van der Waals surface area (Å²) < 4.78 is 0. The smallest absolute Gasteiger partial charge is 0.269 e. The molecule has 1 N–H and O–H groups in total. The molecule has 0 aliphatic carbocycles. The fraction of sp³-hybridized carbons (Fsp3) is 0.400. The van der Waals surface area contributed by atoms with E-state index >= 15 is 0 Å². The van der Waals surface area contributed by atoms with Gasteiger partial charge in [0.25, 0.3) is 5.91 Å². The van der Waals surface area contributed by atoms with Crippen molar-refractivity contribution in [2.75, 3.05) is 42.5 Å². The number of hydrogen-bond acceptors (Lipinski definition) is 4. The molecule has 1 aromatic heterocycles. The van der Waals surface area contributed by atoms with Crippen molar-refractivity contribution in [2.24, 2.45) is 0 Å². The van der Waals surface area contributed by atoms with Crippen molar-refractivity contribution < 1.29 is 4.79 Å². The van der Waals surface area contributed by atoms with E-state index < -0.39 is 0 Å². The number of carbonyl (C=O) groups is 1. The Morgan fingerprint density at radius 2 is 1.76 bits per heavy atom. The molecule has 1 aliphatic rings. The lowest BCUT2D eigenvalue weighted by molar-refractivity contribution is 0.0948. The summed E-state index contributed by atoms with van der Waals surface area (Å²) >= 11 is 0. The summed E-state index contributed by atoms with van der Waals surface area (Å²) in [4.78, 5) is 21.1. The van der Waals surface area contributed by atoms with Gasteiger partial charge in [0, 0.05) is 50.3 Å². The van der Waals surface area contributed by atoms with Crippen molar-refractivity contribution in [1.29, 1.82) is 0 Å². The molecule has 2 aromatic rings. The van der Waals surface area contributed by atoms with Crippen LogP contribution >= 0.6 is 0 Å². The maximum absolute atomic E-state index is 12.1. The quantitative estimate of drug-likeness (QED) is 0.911. The van der Waals surface area contributed by atoms with Gasteiger partial charge < -0.3 is 15.1 Å². The SMILES string of the molecule is CCCNC(=O)c1cc(N2CCN(c3cccc(C)c3)CC2)ccn1. The number of rotatable bonds is 5.